The van der Waals surface area contributed by atoms with Crippen LogP contribution in [0.25, 0.3) is 0 Å². The number of carbonyl (C=O) groups is 1. The Morgan fingerprint density at radius 2 is 1.84 bits per heavy atom. The van der Waals surface area contributed by atoms with Gasteiger partial charge in [-0.3, -0.25) is 9.69 Å². The number of fused-ring (bicyclic) bond motifs is 1. The molecule has 0 saturated carbocycles. The van der Waals surface area contributed by atoms with Crippen LogP contribution in [0.2, 0.25) is 0 Å². The molecule has 0 atom stereocenters. The number of phenolic OH excluding ortho intramolecular Hbond substituents is 1. The number of ether oxygens (including phenoxy) is 2. The summed E-state index contributed by atoms with van der Waals surface area (Å²) in [5, 5.41) is 9.90. The highest BCUT2D eigenvalue weighted by Crippen LogP contribution is 2.35. The number of methoxy groups -OCH3 is 1. The summed E-state index contributed by atoms with van der Waals surface area (Å²) in [7, 11) is 1.57. The molecule has 0 unspecified atom stereocenters. The van der Waals surface area contributed by atoms with Gasteiger partial charge in [0.1, 0.15) is 6.61 Å². The minimum Gasteiger partial charge on any atom is -0.504 e. The summed E-state index contributed by atoms with van der Waals surface area (Å²) in [4.78, 5) is 20.1. The molecular weight excluding hydrogens is 478 g/mol. The minimum atomic E-state index is -0.0661. The third kappa shape index (κ3) is 6.16. The van der Waals surface area contributed by atoms with Gasteiger partial charge in [0.2, 0.25) is 0 Å². The Hall–Kier alpha value is -3.45. The van der Waals surface area contributed by atoms with Crippen molar-refractivity contribution < 1.29 is 19.4 Å². The molecule has 2 aromatic carbocycles. The molecule has 2 aromatic rings. The Kier molecular flexibility index (Phi) is 8.67. The van der Waals surface area contributed by atoms with Crippen molar-refractivity contribution in [2.75, 3.05) is 39.9 Å². The number of benzene rings is 2. The maximum absolute atomic E-state index is 13.6. The Labute approximate surface area is 226 Å². The highest BCUT2D eigenvalue weighted by Gasteiger charge is 2.34. The van der Waals surface area contributed by atoms with E-state index < -0.39 is 0 Å². The van der Waals surface area contributed by atoms with Crippen LogP contribution in [0.1, 0.15) is 54.2 Å². The molecule has 2 heterocycles. The fourth-order valence-electron chi connectivity index (χ4n) is 5.20. The molecule has 0 aliphatic carbocycles. The molecule has 2 aliphatic heterocycles. The molecular formula is C31H41N3O4. The second-order valence-electron chi connectivity index (χ2n) is 10.7. The Balaban J connectivity index is 1.37. The number of hydrogen-bond donors (Lipinski definition) is 1. The van der Waals surface area contributed by atoms with Crippen LogP contribution in [0.4, 0.5) is 0 Å². The van der Waals surface area contributed by atoms with Gasteiger partial charge in [0, 0.05) is 50.4 Å². The second kappa shape index (κ2) is 11.9. The third-order valence-corrected chi connectivity index (χ3v) is 7.84. The summed E-state index contributed by atoms with van der Waals surface area (Å²) < 4.78 is 11.0. The van der Waals surface area contributed by atoms with E-state index in [1.807, 2.05) is 48.2 Å². The molecule has 0 radical (unpaired) electrons. The average Bonchev–Trinajstić information content (AvgIpc) is 3.38. The van der Waals surface area contributed by atoms with Crippen molar-refractivity contribution in [3.05, 3.63) is 83.3 Å². The zero-order chi connectivity index (χ0) is 27.3. The van der Waals surface area contributed by atoms with Crippen molar-refractivity contribution in [2.45, 2.75) is 52.2 Å². The van der Waals surface area contributed by atoms with Crippen LogP contribution in [-0.2, 0) is 24.2 Å². The first kappa shape index (κ1) is 27.6. The van der Waals surface area contributed by atoms with Crippen molar-refractivity contribution in [3.63, 3.8) is 0 Å². The first-order valence-corrected chi connectivity index (χ1v) is 13.4. The summed E-state index contributed by atoms with van der Waals surface area (Å²) in [5.74, 6) is 1.44. The average molecular weight is 520 g/mol. The van der Waals surface area contributed by atoms with Gasteiger partial charge in [0.15, 0.2) is 17.4 Å². The number of carbonyl (C=O) groups excluding carboxylic acids is 1. The fraction of sp³-hybridized carbons (Fsp3) is 0.452. The first-order valence-electron chi connectivity index (χ1n) is 13.4. The van der Waals surface area contributed by atoms with Gasteiger partial charge in [0.25, 0.3) is 5.91 Å². The number of phenols is 1. The topological polar surface area (TPSA) is 65.5 Å². The molecule has 7 heteroatoms. The van der Waals surface area contributed by atoms with Crippen molar-refractivity contribution in [2.24, 2.45) is 0 Å². The molecule has 1 N–H and O–H groups in total. The van der Waals surface area contributed by atoms with Gasteiger partial charge < -0.3 is 24.4 Å². The van der Waals surface area contributed by atoms with Gasteiger partial charge in [-0.1, -0.05) is 30.4 Å². The minimum absolute atomic E-state index is 0.0661. The molecule has 1 fully saturated rings. The lowest BCUT2D eigenvalue weighted by molar-refractivity contribution is 0.0551. The summed E-state index contributed by atoms with van der Waals surface area (Å²) in [6.07, 6.45) is 5.73. The van der Waals surface area contributed by atoms with Crippen LogP contribution in [-0.4, -0.2) is 71.1 Å². The number of aromatic hydroxyl groups is 1. The number of allylic oxidation sites excluding steroid dienone is 1. The number of hydrogen-bond acceptors (Lipinski definition) is 6. The summed E-state index contributed by atoms with van der Waals surface area (Å²) in [5.41, 5.74) is 4.27. The van der Waals surface area contributed by atoms with Crippen molar-refractivity contribution in [1.29, 1.82) is 0 Å². The number of amides is 1. The lowest BCUT2D eigenvalue weighted by Crippen LogP contribution is -2.48. The van der Waals surface area contributed by atoms with E-state index in [-0.39, 0.29) is 17.2 Å². The van der Waals surface area contributed by atoms with Crippen LogP contribution in [0.3, 0.4) is 0 Å². The zero-order valence-electron chi connectivity index (χ0n) is 23.2. The number of nitrogens with zero attached hydrogens (tertiary/aromatic N) is 3. The van der Waals surface area contributed by atoms with E-state index in [9.17, 15) is 9.90 Å². The Morgan fingerprint density at radius 1 is 1.11 bits per heavy atom. The maximum Gasteiger partial charge on any atom is 0.254 e. The van der Waals surface area contributed by atoms with Gasteiger partial charge in [-0.15, -0.1) is 0 Å². The SMILES string of the molecule is C=C(OC/C=C/C)N1CCN(C(=O)c2cccc3c2CN(C(C)(C)CCc2ccc(O)c(OC)c2)C3)CC1. The van der Waals surface area contributed by atoms with Crippen molar-refractivity contribution in [3.8, 4) is 11.5 Å². The molecule has 1 saturated heterocycles. The van der Waals surface area contributed by atoms with Gasteiger partial charge in [0.05, 0.1) is 7.11 Å². The zero-order valence-corrected chi connectivity index (χ0v) is 23.2. The third-order valence-electron chi connectivity index (χ3n) is 7.84. The predicted octanol–water partition coefficient (Wildman–Crippen LogP) is 4.95. The maximum atomic E-state index is 13.6. The number of piperazine rings is 1. The summed E-state index contributed by atoms with van der Waals surface area (Å²) in [6, 6.07) is 11.7. The molecule has 7 nitrogen and oxygen atoms in total. The van der Waals surface area contributed by atoms with E-state index in [1.165, 1.54) is 5.56 Å². The monoisotopic (exact) mass is 519 g/mol. The normalized spacial score (nSPS) is 16.1. The van der Waals surface area contributed by atoms with Crippen molar-refractivity contribution >= 4 is 5.91 Å². The smallest absolute Gasteiger partial charge is 0.254 e. The van der Waals surface area contributed by atoms with E-state index in [0.717, 1.165) is 55.7 Å². The van der Waals surface area contributed by atoms with Crippen LogP contribution in [0.15, 0.2) is 61.0 Å². The van der Waals surface area contributed by atoms with Crippen LogP contribution in [0.5, 0.6) is 11.5 Å². The molecule has 0 aromatic heterocycles. The van der Waals surface area contributed by atoms with E-state index in [2.05, 4.69) is 36.3 Å². The Morgan fingerprint density at radius 3 is 2.55 bits per heavy atom. The quantitative estimate of drug-likeness (QED) is 0.354. The van der Waals surface area contributed by atoms with Gasteiger partial charge in [-0.2, -0.15) is 0 Å². The van der Waals surface area contributed by atoms with Crippen LogP contribution in [0, 0.1) is 0 Å². The van der Waals surface area contributed by atoms with E-state index in [4.69, 9.17) is 9.47 Å². The molecule has 1 amide bonds. The van der Waals surface area contributed by atoms with Gasteiger partial charge >= 0.3 is 0 Å². The predicted molar refractivity (Wildman–Crippen MR) is 150 cm³/mol. The summed E-state index contributed by atoms with van der Waals surface area (Å²) in [6.45, 7) is 15.4. The standard InChI is InChI=1S/C31H41N3O4/c1-6-7-19-38-23(2)32-15-17-33(18-16-32)30(36)26-10-8-9-25-21-34(22-27(25)26)31(3,4)14-13-24-11-12-28(35)29(20-24)37-5/h6-12,20,35H,2,13-19,21-22H2,1,3-5H3/b7-6+. The molecule has 204 valence electrons. The van der Waals surface area contributed by atoms with E-state index >= 15 is 0 Å². The molecule has 4 rings (SSSR count). The van der Waals surface area contributed by atoms with Gasteiger partial charge in [-0.25, -0.2) is 0 Å². The van der Waals surface area contributed by atoms with Crippen molar-refractivity contribution in [1.82, 2.24) is 14.7 Å². The lowest BCUT2D eigenvalue weighted by atomic mass is 9.93. The fourth-order valence-corrected chi connectivity index (χ4v) is 5.20. The largest absolute Gasteiger partial charge is 0.504 e. The van der Waals surface area contributed by atoms with Gasteiger partial charge in [-0.05, 0) is 75.1 Å². The molecule has 0 bridgehead atoms. The first-order chi connectivity index (χ1) is 18.2. The Bertz CT molecular complexity index is 1180. The molecule has 0 spiro atoms. The number of aryl methyl sites for hydroxylation is 1. The molecule has 38 heavy (non-hydrogen) atoms. The summed E-state index contributed by atoms with van der Waals surface area (Å²) >= 11 is 0. The highest BCUT2D eigenvalue weighted by atomic mass is 16.5. The van der Waals surface area contributed by atoms with E-state index in [1.54, 1.807) is 13.2 Å². The molecule has 2 aliphatic rings. The number of rotatable bonds is 10. The second-order valence-corrected chi connectivity index (χ2v) is 10.7. The highest BCUT2D eigenvalue weighted by molar-refractivity contribution is 5.96. The van der Waals surface area contributed by atoms with Crippen LogP contribution < -0.4 is 4.74 Å². The van der Waals surface area contributed by atoms with Crippen LogP contribution >= 0.6 is 0 Å². The van der Waals surface area contributed by atoms with E-state index in [0.29, 0.717) is 31.3 Å². The lowest BCUT2D eigenvalue weighted by Gasteiger charge is -2.37.